The predicted molar refractivity (Wildman–Crippen MR) is 59.7 cm³/mol. The molecule has 0 spiro atoms. The van der Waals surface area contributed by atoms with E-state index in [0.717, 1.165) is 25.1 Å². The van der Waals surface area contributed by atoms with Gasteiger partial charge in [0.15, 0.2) is 5.82 Å². The van der Waals surface area contributed by atoms with Crippen LogP contribution in [0.25, 0.3) is 0 Å². The molecule has 1 aromatic heterocycles. The summed E-state index contributed by atoms with van der Waals surface area (Å²) < 4.78 is 5.25. The molecule has 0 aliphatic carbocycles. The zero-order chi connectivity index (χ0) is 11.3. The van der Waals surface area contributed by atoms with Gasteiger partial charge in [0.25, 0.3) is 0 Å². The van der Waals surface area contributed by atoms with Crippen molar-refractivity contribution in [3.8, 4) is 0 Å². The minimum Gasteiger partial charge on any atom is -0.339 e. The Balaban J connectivity index is 2.72. The van der Waals surface area contributed by atoms with Crippen molar-refractivity contribution in [3.63, 3.8) is 0 Å². The fourth-order valence-corrected chi connectivity index (χ4v) is 1.49. The lowest BCUT2D eigenvalue weighted by atomic mass is 10.0. The zero-order valence-corrected chi connectivity index (χ0v) is 9.86. The molecule has 0 amide bonds. The molecule has 2 unspecified atom stereocenters. The van der Waals surface area contributed by atoms with Gasteiger partial charge in [0, 0.05) is 12.5 Å². The molecule has 86 valence electrons. The van der Waals surface area contributed by atoms with Gasteiger partial charge >= 0.3 is 0 Å². The average molecular weight is 211 g/mol. The number of nitrogens with two attached hydrogens (primary N) is 1. The van der Waals surface area contributed by atoms with Crippen molar-refractivity contribution in [3.05, 3.63) is 11.7 Å². The third-order valence-electron chi connectivity index (χ3n) is 2.78. The summed E-state index contributed by atoms with van der Waals surface area (Å²) in [6.45, 7) is 6.93. The molecule has 1 rings (SSSR count). The van der Waals surface area contributed by atoms with Gasteiger partial charge in [0.1, 0.15) is 0 Å². The first kappa shape index (κ1) is 12.2. The highest BCUT2D eigenvalue weighted by molar-refractivity contribution is 4.98. The van der Waals surface area contributed by atoms with E-state index in [1.165, 1.54) is 0 Å². The highest BCUT2D eigenvalue weighted by Gasteiger charge is 2.18. The summed E-state index contributed by atoms with van der Waals surface area (Å²) in [6, 6.07) is 0. The van der Waals surface area contributed by atoms with Crippen LogP contribution in [0.4, 0.5) is 0 Å². The SMILES string of the molecule is CCCC(CN)c1nc(C(C)CC)no1. The highest BCUT2D eigenvalue weighted by Crippen LogP contribution is 2.21. The van der Waals surface area contributed by atoms with Gasteiger partial charge in [0.2, 0.25) is 5.89 Å². The molecular formula is C11H21N3O. The van der Waals surface area contributed by atoms with E-state index in [-0.39, 0.29) is 5.92 Å². The maximum Gasteiger partial charge on any atom is 0.231 e. The van der Waals surface area contributed by atoms with Crippen LogP contribution in [0.2, 0.25) is 0 Å². The van der Waals surface area contributed by atoms with E-state index in [0.29, 0.717) is 18.4 Å². The molecule has 1 aromatic rings. The van der Waals surface area contributed by atoms with Gasteiger partial charge in [-0.3, -0.25) is 0 Å². The largest absolute Gasteiger partial charge is 0.339 e. The van der Waals surface area contributed by atoms with Crippen LogP contribution in [0, 0.1) is 0 Å². The summed E-state index contributed by atoms with van der Waals surface area (Å²) >= 11 is 0. The fourth-order valence-electron chi connectivity index (χ4n) is 1.49. The van der Waals surface area contributed by atoms with Crippen molar-refractivity contribution in [1.82, 2.24) is 10.1 Å². The van der Waals surface area contributed by atoms with E-state index in [9.17, 15) is 0 Å². The quantitative estimate of drug-likeness (QED) is 0.784. The van der Waals surface area contributed by atoms with Gasteiger partial charge in [-0.05, 0) is 12.8 Å². The fraction of sp³-hybridized carbons (Fsp3) is 0.818. The molecule has 2 atom stereocenters. The summed E-state index contributed by atoms with van der Waals surface area (Å²) in [5.74, 6) is 2.10. The van der Waals surface area contributed by atoms with Crippen molar-refractivity contribution >= 4 is 0 Å². The number of hydrogen-bond acceptors (Lipinski definition) is 4. The maximum atomic E-state index is 5.68. The Kier molecular flexibility index (Phi) is 4.75. The first-order valence-electron chi connectivity index (χ1n) is 5.76. The molecule has 15 heavy (non-hydrogen) atoms. The number of aromatic nitrogens is 2. The van der Waals surface area contributed by atoms with Crippen molar-refractivity contribution in [2.45, 2.75) is 51.9 Å². The minimum absolute atomic E-state index is 0.223. The molecule has 0 aliphatic heterocycles. The molecule has 4 nitrogen and oxygen atoms in total. The molecule has 0 saturated heterocycles. The van der Waals surface area contributed by atoms with E-state index in [1.807, 2.05) is 0 Å². The summed E-state index contributed by atoms with van der Waals surface area (Å²) in [5, 5.41) is 4.00. The zero-order valence-electron chi connectivity index (χ0n) is 9.86. The molecule has 2 N–H and O–H groups in total. The van der Waals surface area contributed by atoms with Gasteiger partial charge < -0.3 is 10.3 Å². The van der Waals surface area contributed by atoms with Crippen LogP contribution in [0.1, 0.15) is 63.6 Å². The van der Waals surface area contributed by atoms with Crippen molar-refractivity contribution in [2.24, 2.45) is 5.73 Å². The van der Waals surface area contributed by atoms with Crippen molar-refractivity contribution < 1.29 is 4.52 Å². The Morgan fingerprint density at radius 3 is 2.67 bits per heavy atom. The Morgan fingerprint density at radius 1 is 1.40 bits per heavy atom. The van der Waals surface area contributed by atoms with Crippen LogP contribution in [0.3, 0.4) is 0 Å². The van der Waals surface area contributed by atoms with E-state index in [1.54, 1.807) is 0 Å². The van der Waals surface area contributed by atoms with Crippen LogP contribution >= 0.6 is 0 Å². The van der Waals surface area contributed by atoms with E-state index < -0.39 is 0 Å². The van der Waals surface area contributed by atoms with E-state index in [4.69, 9.17) is 10.3 Å². The maximum absolute atomic E-state index is 5.68. The monoisotopic (exact) mass is 211 g/mol. The summed E-state index contributed by atoms with van der Waals surface area (Å²) in [5.41, 5.74) is 5.68. The van der Waals surface area contributed by atoms with Crippen LogP contribution in [0.15, 0.2) is 4.52 Å². The smallest absolute Gasteiger partial charge is 0.231 e. The van der Waals surface area contributed by atoms with Crippen LogP contribution in [-0.2, 0) is 0 Å². The number of rotatable bonds is 6. The topological polar surface area (TPSA) is 64.9 Å². The van der Waals surface area contributed by atoms with Gasteiger partial charge in [-0.1, -0.05) is 32.3 Å². The molecule has 0 saturated carbocycles. The van der Waals surface area contributed by atoms with Gasteiger partial charge in [-0.15, -0.1) is 0 Å². The lowest BCUT2D eigenvalue weighted by molar-refractivity contribution is 0.342. The lowest BCUT2D eigenvalue weighted by Gasteiger charge is -2.07. The second-order valence-corrected chi connectivity index (χ2v) is 4.02. The molecule has 4 heteroatoms. The third-order valence-corrected chi connectivity index (χ3v) is 2.78. The summed E-state index contributed by atoms with van der Waals surface area (Å²) in [4.78, 5) is 4.41. The Bertz CT molecular complexity index is 285. The molecule has 0 radical (unpaired) electrons. The molecule has 0 aromatic carbocycles. The Morgan fingerprint density at radius 2 is 2.13 bits per heavy atom. The molecular weight excluding hydrogens is 190 g/mol. The molecule has 1 heterocycles. The second-order valence-electron chi connectivity index (χ2n) is 4.02. The standard InChI is InChI=1S/C11H21N3O/c1-4-6-9(7-12)11-13-10(14-15-11)8(3)5-2/h8-9H,4-7,12H2,1-3H3. The van der Waals surface area contributed by atoms with E-state index >= 15 is 0 Å². The van der Waals surface area contributed by atoms with Crippen LogP contribution < -0.4 is 5.73 Å². The second kappa shape index (κ2) is 5.85. The van der Waals surface area contributed by atoms with Crippen molar-refractivity contribution in [2.75, 3.05) is 6.54 Å². The molecule has 0 fully saturated rings. The first-order chi connectivity index (χ1) is 7.22. The summed E-state index contributed by atoms with van der Waals surface area (Å²) in [7, 11) is 0. The molecule has 0 bridgehead atoms. The van der Waals surface area contributed by atoms with Gasteiger partial charge in [-0.2, -0.15) is 4.98 Å². The molecule has 0 aliphatic rings. The van der Waals surface area contributed by atoms with Crippen molar-refractivity contribution in [1.29, 1.82) is 0 Å². The highest BCUT2D eigenvalue weighted by atomic mass is 16.5. The van der Waals surface area contributed by atoms with E-state index in [2.05, 4.69) is 30.9 Å². The third kappa shape index (κ3) is 3.02. The van der Waals surface area contributed by atoms with Gasteiger partial charge in [0.05, 0.1) is 5.92 Å². The normalized spacial score (nSPS) is 15.2. The Hall–Kier alpha value is -0.900. The van der Waals surface area contributed by atoms with Crippen LogP contribution in [-0.4, -0.2) is 16.7 Å². The van der Waals surface area contributed by atoms with Gasteiger partial charge in [-0.25, -0.2) is 0 Å². The minimum atomic E-state index is 0.223. The Labute approximate surface area is 91.2 Å². The predicted octanol–water partition coefficient (Wildman–Crippen LogP) is 2.43. The number of hydrogen-bond donors (Lipinski definition) is 1. The lowest BCUT2D eigenvalue weighted by Crippen LogP contribution is -2.12. The van der Waals surface area contributed by atoms with Crippen LogP contribution in [0.5, 0.6) is 0 Å². The first-order valence-corrected chi connectivity index (χ1v) is 5.76. The average Bonchev–Trinajstić information content (AvgIpc) is 2.73. The number of nitrogens with zero attached hydrogens (tertiary/aromatic N) is 2. The summed E-state index contributed by atoms with van der Waals surface area (Å²) in [6.07, 6.45) is 3.13.